The Bertz CT molecular complexity index is 1060. The minimum atomic E-state index is -0.0262. The Morgan fingerprint density at radius 2 is 1.97 bits per heavy atom. The molecule has 1 heterocycles. The Hall–Kier alpha value is -2.97. The van der Waals surface area contributed by atoms with Crippen molar-refractivity contribution in [2.24, 2.45) is 0 Å². The molecule has 0 atom stereocenters. The van der Waals surface area contributed by atoms with Crippen LogP contribution in [-0.4, -0.2) is 58.6 Å². The predicted molar refractivity (Wildman–Crippen MR) is 128 cm³/mol. The number of allylic oxidation sites excluding steroid dienone is 1. The summed E-state index contributed by atoms with van der Waals surface area (Å²) in [6.07, 6.45) is 1.77. The lowest BCUT2D eigenvalue weighted by molar-refractivity contribution is -0.127. The van der Waals surface area contributed by atoms with Crippen molar-refractivity contribution in [3.05, 3.63) is 66.2 Å². The Balaban J connectivity index is 1.59. The monoisotopic (exact) mass is 472 g/mol. The van der Waals surface area contributed by atoms with Gasteiger partial charge in [-0.1, -0.05) is 41.6 Å². The molecule has 0 radical (unpaired) electrons. The first kappa shape index (κ1) is 23.7. The maximum atomic E-state index is 12.6. The zero-order chi connectivity index (χ0) is 22.9. The van der Waals surface area contributed by atoms with Crippen LogP contribution in [0.3, 0.4) is 0 Å². The van der Waals surface area contributed by atoms with Gasteiger partial charge in [-0.25, -0.2) is 0 Å². The first-order chi connectivity index (χ1) is 15.5. The summed E-state index contributed by atoms with van der Waals surface area (Å²) < 4.78 is 13.0. The predicted octanol–water partition coefficient (Wildman–Crippen LogP) is 4.42. The fourth-order valence-electron chi connectivity index (χ4n) is 2.91. The third-order valence-electron chi connectivity index (χ3n) is 4.64. The molecule has 32 heavy (non-hydrogen) atoms. The fraction of sp³-hybridized carbons (Fsp3) is 0.261. The van der Waals surface area contributed by atoms with Crippen molar-refractivity contribution in [2.45, 2.75) is 11.7 Å². The van der Waals surface area contributed by atoms with Gasteiger partial charge in [0.1, 0.15) is 18.1 Å². The molecule has 9 heteroatoms. The highest BCUT2D eigenvalue weighted by Gasteiger charge is 2.18. The molecule has 0 unspecified atom stereocenters. The number of nitrogens with zero attached hydrogens (tertiary/aromatic N) is 4. The molecule has 0 spiro atoms. The van der Waals surface area contributed by atoms with Crippen molar-refractivity contribution < 1.29 is 14.3 Å². The number of thioether (sulfide) groups is 1. The first-order valence-corrected chi connectivity index (χ1v) is 11.3. The number of halogens is 1. The smallest absolute Gasteiger partial charge is 0.232 e. The molecular formula is C23H25ClN4O3S. The third-order valence-corrected chi connectivity index (χ3v) is 5.84. The molecule has 1 aromatic heterocycles. The lowest BCUT2D eigenvalue weighted by Gasteiger charge is -2.17. The van der Waals surface area contributed by atoms with Crippen molar-refractivity contribution >= 4 is 29.3 Å². The summed E-state index contributed by atoms with van der Waals surface area (Å²) in [5.74, 6) is 2.30. The van der Waals surface area contributed by atoms with Gasteiger partial charge in [-0.05, 0) is 36.4 Å². The molecule has 0 aliphatic rings. The van der Waals surface area contributed by atoms with Crippen LogP contribution in [-0.2, 0) is 11.3 Å². The number of amides is 1. The third kappa shape index (κ3) is 6.05. The largest absolute Gasteiger partial charge is 0.496 e. The summed E-state index contributed by atoms with van der Waals surface area (Å²) in [4.78, 5) is 14.2. The maximum absolute atomic E-state index is 12.6. The van der Waals surface area contributed by atoms with E-state index in [-0.39, 0.29) is 11.7 Å². The first-order valence-electron chi connectivity index (χ1n) is 9.96. The second-order valence-electron chi connectivity index (χ2n) is 6.81. The second kappa shape index (κ2) is 11.6. The van der Waals surface area contributed by atoms with Gasteiger partial charge in [-0.3, -0.25) is 9.36 Å². The van der Waals surface area contributed by atoms with E-state index in [1.54, 1.807) is 49.4 Å². The number of hydrogen-bond acceptors (Lipinski definition) is 6. The van der Waals surface area contributed by atoms with Gasteiger partial charge in [-0.2, -0.15) is 0 Å². The molecule has 0 aliphatic carbocycles. The van der Waals surface area contributed by atoms with Gasteiger partial charge < -0.3 is 14.4 Å². The van der Waals surface area contributed by atoms with Gasteiger partial charge in [0.05, 0.1) is 25.0 Å². The standard InChI is InChI=1S/C23H25ClN4O3S/c1-4-13-28-22(19-7-5-6-8-20(19)30-3)25-26-23(28)32-16-21(29)27(2)14-15-31-18-11-9-17(24)10-12-18/h4-12H,1,13-16H2,2-3H3. The molecule has 0 fully saturated rings. The number of carbonyl (C=O) groups is 1. The molecule has 0 saturated carbocycles. The number of carbonyl (C=O) groups excluding carboxylic acids is 1. The second-order valence-corrected chi connectivity index (χ2v) is 8.19. The SMILES string of the molecule is C=CCn1c(SCC(=O)N(C)CCOc2ccc(Cl)cc2)nnc1-c1ccccc1OC. The van der Waals surface area contributed by atoms with Crippen LogP contribution in [0.2, 0.25) is 5.02 Å². The average Bonchev–Trinajstić information content (AvgIpc) is 3.21. The van der Waals surface area contributed by atoms with Crippen LogP contribution >= 0.6 is 23.4 Å². The zero-order valence-electron chi connectivity index (χ0n) is 18.0. The molecule has 2 aromatic carbocycles. The van der Waals surface area contributed by atoms with Crippen LogP contribution in [0.5, 0.6) is 11.5 Å². The Labute approximate surface area is 197 Å². The number of methoxy groups -OCH3 is 1. The molecule has 1 amide bonds. The number of hydrogen-bond donors (Lipinski definition) is 0. The van der Waals surface area contributed by atoms with Crippen molar-refractivity contribution in [1.82, 2.24) is 19.7 Å². The maximum Gasteiger partial charge on any atom is 0.232 e. The van der Waals surface area contributed by atoms with Gasteiger partial charge in [0, 0.05) is 18.6 Å². The summed E-state index contributed by atoms with van der Waals surface area (Å²) >= 11 is 7.21. The summed E-state index contributed by atoms with van der Waals surface area (Å²) in [7, 11) is 3.37. The minimum Gasteiger partial charge on any atom is -0.496 e. The van der Waals surface area contributed by atoms with Crippen LogP contribution in [0.1, 0.15) is 0 Å². The number of para-hydroxylation sites is 1. The molecule has 0 aliphatic heterocycles. The lowest BCUT2D eigenvalue weighted by atomic mass is 10.2. The molecular weight excluding hydrogens is 448 g/mol. The van der Waals surface area contributed by atoms with Crippen molar-refractivity contribution in [1.29, 1.82) is 0 Å². The van der Waals surface area contributed by atoms with Crippen LogP contribution in [0.25, 0.3) is 11.4 Å². The van der Waals surface area contributed by atoms with E-state index < -0.39 is 0 Å². The van der Waals surface area contributed by atoms with Crippen molar-refractivity contribution in [3.63, 3.8) is 0 Å². The van der Waals surface area contributed by atoms with E-state index >= 15 is 0 Å². The van der Waals surface area contributed by atoms with E-state index in [9.17, 15) is 4.79 Å². The van der Waals surface area contributed by atoms with Crippen LogP contribution in [0.4, 0.5) is 0 Å². The fourth-order valence-corrected chi connectivity index (χ4v) is 3.92. The summed E-state index contributed by atoms with van der Waals surface area (Å²) in [6.45, 7) is 5.20. The summed E-state index contributed by atoms with van der Waals surface area (Å²) in [5, 5.41) is 9.93. The van der Waals surface area contributed by atoms with Gasteiger partial charge >= 0.3 is 0 Å². The number of rotatable bonds is 11. The number of aromatic nitrogens is 3. The highest BCUT2D eigenvalue weighted by molar-refractivity contribution is 7.99. The highest BCUT2D eigenvalue weighted by atomic mass is 35.5. The number of likely N-dealkylation sites (N-methyl/N-ethyl adjacent to an activating group) is 1. The summed E-state index contributed by atoms with van der Waals surface area (Å²) in [5.41, 5.74) is 0.832. The van der Waals surface area contributed by atoms with Crippen molar-refractivity contribution in [3.8, 4) is 22.9 Å². The summed E-state index contributed by atoms with van der Waals surface area (Å²) in [6, 6.07) is 14.7. The number of benzene rings is 2. The lowest BCUT2D eigenvalue weighted by Crippen LogP contribution is -2.32. The van der Waals surface area contributed by atoms with Gasteiger partial charge in [0.25, 0.3) is 0 Å². The topological polar surface area (TPSA) is 69.5 Å². The Morgan fingerprint density at radius 3 is 2.69 bits per heavy atom. The molecule has 0 N–H and O–H groups in total. The van der Waals surface area contributed by atoms with E-state index in [1.165, 1.54) is 11.8 Å². The quantitative estimate of drug-likeness (QED) is 0.304. The van der Waals surface area contributed by atoms with Crippen LogP contribution in [0.15, 0.2) is 66.3 Å². The minimum absolute atomic E-state index is 0.0262. The molecule has 0 saturated heterocycles. The van der Waals surface area contributed by atoms with E-state index in [2.05, 4.69) is 16.8 Å². The van der Waals surface area contributed by atoms with Crippen LogP contribution in [0, 0.1) is 0 Å². The molecule has 3 aromatic rings. The molecule has 3 rings (SSSR count). The van der Waals surface area contributed by atoms with E-state index in [0.29, 0.717) is 47.2 Å². The van der Waals surface area contributed by atoms with Gasteiger partial charge in [-0.15, -0.1) is 16.8 Å². The van der Waals surface area contributed by atoms with Crippen molar-refractivity contribution in [2.75, 3.05) is 33.1 Å². The zero-order valence-corrected chi connectivity index (χ0v) is 19.6. The van der Waals surface area contributed by atoms with Gasteiger partial charge in [0.2, 0.25) is 5.91 Å². The van der Waals surface area contributed by atoms with Gasteiger partial charge in [0.15, 0.2) is 11.0 Å². The van der Waals surface area contributed by atoms with E-state index in [0.717, 1.165) is 5.56 Å². The number of ether oxygens (including phenoxy) is 2. The Morgan fingerprint density at radius 1 is 1.22 bits per heavy atom. The normalized spacial score (nSPS) is 10.6. The highest BCUT2D eigenvalue weighted by Crippen LogP contribution is 2.31. The molecule has 7 nitrogen and oxygen atoms in total. The van der Waals surface area contributed by atoms with E-state index in [4.69, 9.17) is 21.1 Å². The molecule has 168 valence electrons. The average molecular weight is 473 g/mol. The van der Waals surface area contributed by atoms with E-state index in [1.807, 2.05) is 28.8 Å². The van der Waals surface area contributed by atoms with Crippen LogP contribution < -0.4 is 9.47 Å². The molecule has 0 bridgehead atoms. The Kier molecular flexibility index (Phi) is 8.58.